The molecule has 0 aromatic heterocycles. The molecular weight excluding hydrogens is 736 g/mol. The summed E-state index contributed by atoms with van der Waals surface area (Å²) in [4.78, 5) is 110. The maximum atomic E-state index is 11.4. The van der Waals surface area contributed by atoms with Crippen molar-refractivity contribution in [3.8, 4) is 0 Å². The van der Waals surface area contributed by atoms with Crippen molar-refractivity contribution in [3.05, 3.63) is 0 Å². The first kappa shape index (κ1) is 43.5. The van der Waals surface area contributed by atoms with Crippen molar-refractivity contribution in [1.29, 1.82) is 0 Å². The van der Waals surface area contributed by atoms with Crippen LogP contribution in [-0.4, -0.2) is 132 Å². The highest BCUT2D eigenvalue weighted by Crippen LogP contribution is 2.57. The lowest BCUT2D eigenvalue weighted by Crippen LogP contribution is -2.66. The normalized spacial score (nSPS) is 26.1. The number of hydrogen-bond donors (Lipinski definition) is 15. The van der Waals surface area contributed by atoms with Crippen LogP contribution in [-0.2, 0) is 54.5 Å². The van der Waals surface area contributed by atoms with Crippen LogP contribution >= 0.6 is 46.9 Å². The number of aliphatic hydroxyl groups excluding tert-OH is 2. The van der Waals surface area contributed by atoms with Gasteiger partial charge in [-0.25, -0.2) is 27.4 Å². The highest BCUT2D eigenvalue weighted by atomic mass is 31.2. The molecule has 0 aromatic carbocycles. The van der Waals surface area contributed by atoms with Gasteiger partial charge < -0.3 is 74.3 Å². The summed E-state index contributed by atoms with van der Waals surface area (Å²) in [6.45, 7) is 1.42. The van der Waals surface area contributed by atoms with E-state index >= 15 is 0 Å². The average Bonchev–Trinajstić information content (AvgIpc) is 2.71. The molecule has 15 N–H and O–H groups in total. The third kappa shape index (κ3) is 20.4. The molecule has 0 radical (unpaired) electrons. The molecule has 0 saturated heterocycles. The van der Waals surface area contributed by atoms with E-state index in [2.05, 4.69) is 32.5 Å². The third-order valence-corrected chi connectivity index (χ3v) is 7.18. The largest absolute Gasteiger partial charge is 0.470 e. The summed E-state index contributed by atoms with van der Waals surface area (Å²) >= 11 is 0. The van der Waals surface area contributed by atoms with Crippen molar-refractivity contribution in [2.75, 3.05) is 26.3 Å². The summed E-state index contributed by atoms with van der Waals surface area (Å²) < 4.78 is 93.1. The first-order valence-electron chi connectivity index (χ1n) is 10.3. The number of hydrogen-bond acceptors (Lipinski definition) is 15. The minimum absolute atomic E-state index is 0.139. The maximum Gasteiger partial charge on any atom is 0.470 e. The lowest BCUT2D eigenvalue weighted by Gasteiger charge is -2.48. The van der Waals surface area contributed by atoms with Gasteiger partial charge in [0.25, 0.3) is 0 Å². The molecule has 1 rings (SSSR count). The Hall–Kier alpha value is 0.540. The Morgan fingerprint density at radius 1 is 0.372 bits per heavy atom. The van der Waals surface area contributed by atoms with Gasteiger partial charge in [0.1, 0.15) is 36.6 Å². The van der Waals surface area contributed by atoms with E-state index in [1.165, 1.54) is 0 Å². The van der Waals surface area contributed by atoms with Gasteiger partial charge in [-0.1, -0.05) is 0 Å². The Labute approximate surface area is 239 Å². The van der Waals surface area contributed by atoms with E-state index in [1.54, 1.807) is 0 Å². The average molecular weight is 765 g/mol. The summed E-state index contributed by atoms with van der Waals surface area (Å²) in [5.41, 5.74) is 0. The van der Waals surface area contributed by atoms with E-state index < -0.39 is 83.6 Å². The van der Waals surface area contributed by atoms with Crippen molar-refractivity contribution in [2.24, 2.45) is 0 Å². The molecule has 1 saturated carbocycles. The van der Waals surface area contributed by atoms with Crippen LogP contribution in [0.1, 0.15) is 0 Å². The fraction of sp³-hybridized carbons (Fsp3) is 1.00. The van der Waals surface area contributed by atoms with E-state index in [-0.39, 0.29) is 13.2 Å². The van der Waals surface area contributed by atoms with Crippen LogP contribution in [0.15, 0.2) is 0 Å². The monoisotopic (exact) mass is 765 g/mol. The Balaban J connectivity index is 0.00000223. The van der Waals surface area contributed by atoms with Crippen molar-refractivity contribution in [2.45, 2.75) is 36.6 Å². The molecule has 27 nitrogen and oxygen atoms in total. The second-order valence-electron chi connectivity index (χ2n) is 7.56. The Kier molecular flexibility index (Phi) is 17.3. The van der Waals surface area contributed by atoms with Crippen molar-refractivity contribution in [3.63, 3.8) is 0 Å². The quantitative estimate of drug-likeness (QED) is 0.0519. The van der Waals surface area contributed by atoms with E-state index in [9.17, 15) is 27.4 Å². The molecule has 0 unspecified atom stereocenters. The number of rotatable bonds is 16. The topological polar surface area (TPSA) is 453 Å². The van der Waals surface area contributed by atoms with E-state index in [1.807, 2.05) is 0 Å². The van der Waals surface area contributed by atoms with Gasteiger partial charge in [-0.2, -0.15) is 0 Å². The fourth-order valence-corrected chi connectivity index (χ4v) is 6.42. The molecular formula is C10H29NO26P6. The molecule has 1 aliphatic carbocycles. The number of nitrogens with one attached hydrogen (secondary N) is 1. The van der Waals surface area contributed by atoms with Crippen LogP contribution in [0, 0.1) is 0 Å². The Bertz CT molecular complexity index is 910. The second-order valence-corrected chi connectivity index (χ2v) is 14.7. The van der Waals surface area contributed by atoms with E-state index in [0.29, 0.717) is 13.1 Å². The molecule has 33 heteroatoms. The number of aliphatic hydroxyl groups is 2. The van der Waals surface area contributed by atoms with E-state index in [0.717, 1.165) is 0 Å². The van der Waals surface area contributed by atoms with Crippen LogP contribution in [0.3, 0.4) is 0 Å². The Morgan fingerprint density at radius 2 is 0.512 bits per heavy atom. The Morgan fingerprint density at radius 3 is 0.605 bits per heavy atom. The zero-order chi connectivity index (χ0) is 34.2. The van der Waals surface area contributed by atoms with Gasteiger partial charge in [0, 0.05) is 13.1 Å². The van der Waals surface area contributed by atoms with Crippen LogP contribution in [0.5, 0.6) is 0 Å². The van der Waals surface area contributed by atoms with Crippen LogP contribution in [0.25, 0.3) is 0 Å². The SMILES string of the molecule is O=P(O)(O)O[C@H]1[C@H](OP(=O)(O)O)[C@@H](OP(=O)(O)O)[C@H](OP(=O)(O)O)[C@@H](OP(=O)(O)O)[C@H]1OP(=O)(O)O.OCCNCCO. The molecule has 0 amide bonds. The molecule has 43 heavy (non-hydrogen) atoms. The maximum absolute atomic E-state index is 11.4. The second kappa shape index (κ2) is 17.1. The molecule has 0 heterocycles. The van der Waals surface area contributed by atoms with Gasteiger partial charge >= 0.3 is 46.9 Å². The minimum atomic E-state index is -6.02. The molecule has 0 spiro atoms. The summed E-state index contributed by atoms with van der Waals surface area (Å²) in [6, 6.07) is 0. The number of phosphoric ester groups is 6. The van der Waals surface area contributed by atoms with Gasteiger partial charge in [-0.15, -0.1) is 0 Å². The lowest BCUT2D eigenvalue weighted by molar-refractivity contribution is -0.202. The predicted molar refractivity (Wildman–Crippen MR) is 129 cm³/mol. The molecule has 0 aromatic rings. The van der Waals surface area contributed by atoms with Crippen LogP contribution in [0.4, 0.5) is 0 Å². The number of phosphoric acid groups is 6. The molecule has 1 fully saturated rings. The zero-order valence-electron chi connectivity index (χ0n) is 20.6. The standard InChI is InChI=1S/C6H18O24P6.C4H11NO2/c7-31(8,9)25-1-2(26-32(10,11)12)4(28-34(16,17)18)6(30-36(22,23)24)5(29-35(19,20)21)3(1)27-33(13,14)15;6-3-1-5-2-4-7/h1-6H,(H2,7,8,9)(H2,10,11,12)(H2,13,14,15)(H2,16,17,18)(H2,19,20,21)(H2,22,23,24);5-7H,1-4H2/t1-,2-,3-,4+,5-,6-;. The molecule has 0 aliphatic heterocycles. The molecule has 1 aliphatic rings. The van der Waals surface area contributed by atoms with Gasteiger partial charge in [0.15, 0.2) is 0 Å². The van der Waals surface area contributed by atoms with Crippen molar-refractivity contribution >= 4 is 46.9 Å². The predicted octanol–water partition coefficient (Wildman–Crippen LogP) is -4.57. The van der Waals surface area contributed by atoms with Gasteiger partial charge in [-0.3, -0.25) is 27.1 Å². The first-order valence-corrected chi connectivity index (χ1v) is 19.5. The molecule has 0 atom stereocenters. The van der Waals surface area contributed by atoms with Crippen LogP contribution in [0.2, 0.25) is 0 Å². The first-order chi connectivity index (χ1) is 19.0. The highest BCUT2D eigenvalue weighted by Gasteiger charge is 2.62. The minimum Gasteiger partial charge on any atom is -0.395 e. The summed E-state index contributed by atoms with van der Waals surface area (Å²) in [6.07, 6.45) is -18.9. The van der Waals surface area contributed by atoms with Gasteiger partial charge in [0.2, 0.25) is 0 Å². The van der Waals surface area contributed by atoms with Crippen LogP contribution < -0.4 is 5.32 Å². The lowest BCUT2D eigenvalue weighted by atomic mass is 9.85. The fourth-order valence-electron chi connectivity index (χ4n) is 3.08. The highest BCUT2D eigenvalue weighted by molar-refractivity contribution is 7.47. The summed E-state index contributed by atoms with van der Waals surface area (Å²) in [7, 11) is -36.1. The third-order valence-electron chi connectivity index (χ3n) is 4.07. The van der Waals surface area contributed by atoms with Crippen molar-refractivity contribution < 1.29 is 123 Å². The van der Waals surface area contributed by atoms with Gasteiger partial charge in [-0.05, 0) is 0 Å². The zero-order valence-corrected chi connectivity index (χ0v) is 26.0. The van der Waals surface area contributed by atoms with Gasteiger partial charge in [0.05, 0.1) is 13.2 Å². The van der Waals surface area contributed by atoms with E-state index in [4.69, 9.17) is 68.9 Å². The summed E-state index contributed by atoms with van der Waals surface area (Å²) in [5, 5.41) is 19.1. The summed E-state index contributed by atoms with van der Waals surface area (Å²) in [5.74, 6) is 0. The van der Waals surface area contributed by atoms with Crippen molar-refractivity contribution in [1.82, 2.24) is 5.32 Å². The molecule has 0 bridgehead atoms. The smallest absolute Gasteiger partial charge is 0.395 e. The molecule has 260 valence electrons.